The second-order valence-electron chi connectivity index (χ2n) is 6.05. The Morgan fingerprint density at radius 3 is 2.77 bits per heavy atom. The quantitative estimate of drug-likeness (QED) is 0.603. The average molecular weight is 178 g/mol. The highest BCUT2D eigenvalue weighted by Crippen LogP contribution is 2.73. The molecule has 4 rings (SSSR count). The van der Waals surface area contributed by atoms with Gasteiger partial charge in [-0.15, -0.1) is 0 Å². The Morgan fingerprint density at radius 2 is 2.00 bits per heavy atom. The van der Waals surface area contributed by atoms with Gasteiger partial charge in [-0.25, -0.2) is 0 Å². The van der Waals surface area contributed by atoms with E-state index in [9.17, 15) is 5.11 Å². The molecule has 0 amide bonds. The van der Waals surface area contributed by atoms with E-state index < -0.39 is 0 Å². The minimum absolute atomic E-state index is 0.0894. The molecule has 0 radical (unpaired) electrons. The van der Waals surface area contributed by atoms with Gasteiger partial charge >= 0.3 is 0 Å². The van der Waals surface area contributed by atoms with Gasteiger partial charge in [0.15, 0.2) is 0 Å². The van der Waals surface area contributed by atoms with Crippen LogP contribution in [0.1, 0.15) is 38.5 Å². The molecule has 1 heteroatoms. The molecule has 13 heavy (non-hydrogen) atoms. The molecule has 72 valence electrons. The van der Waals surface area contributed by atoms with E-state index in [2.05, 4.69) is 0 Å². The van der Waals surface area contributed by atoms with Gasteiger partial charge < -0.3 is 5.11 Å². The molecule has 1 nitrogen and oxygen atoms in total. The van der Waals surface area contributed by atoms with Gasteiger partial charge in [0.05, 0.1) is 6.10 Å². The third-order valence-electron chi connectivity index (χ3n) is 5.90. The Bertz CT molecular complexity index is 262. The zero-order valence-electron chi connectivity index (χ0n) is 8.08. The largest absolute Gasteiger partial charge is 0.393 e. The molecule has 5 unspecified atom stereocenters. The first-order valence-corrected chi connectivity index (χ1v) is 5.99. The van der Waals surface area contributed by atoms with E-state index in [-0.39, 0.29) is 6.10 Å². The normalized spacial score (nSPS) is 67.6. The number of rotatable bonds is 0. The standard InChI is InChI=1S/C12H18O/c13-11-4-7-3-10-8-1-2-9(5-8)12(10,11)6-7/h7-11,13H,1-6H2/t7?,8?,9?,10?,11-,12?/m0/s1. The van der Waals surface area contributed by atoms with Crippen LogP contribution in [0.4, 0.5) is 0 Å². The van der Waals surface area contributed by atoms with Crippen LogP contribution in [0.5, 0.6) is 0 Å². The molecule has 4 saturated carbocycles. The van der Waals surface area contributed by atoms with E-state index in [4.69, 9.17) is 0 Å². The van der Waals surface area contributed by atoms with Crippen molar-refractivity contribution >= 4 is 0 Å². The molecule has 0 aromatic heterocycles. The highest BCUT2D eigenvalue weighted by molar-refractivity contribution is 5.17. The van der Waals surface area contributed by atoms with Crippen LogP contribution < -0.4 is 0 Å². The minimum Gasteiger partial charge on any atom is -0.393 e. The second kappa shape index (κ2) is 1.98. The highest BCUT2D eigenvalue weighted by atomic mass is 16.3. The summed E-state index contributed by atoms with van der Waals surface area (Å²) in [6, 6.07) is 0. The third kappa shape index (κ3) is 0.614. The fraction of sp³-hybridized carbons (Fsp3) is 1.00. The first kappa shape index (κ1) is 7.28. The maximum absolute atomic E-state index is 10.2. The molecule has 0 saturated heterocycles. The number of fused-ring (bicyclic) bond motifs is 4. The van der Waals surface area contributed by atoms with Crippen LogP contribution in [-0.4, -0.2) is 11.2 Å². The van der Waals surface area contributed by atoms with Crippen molar-refractivity contribution in [1.82, 2.24) is 0 Å². The lowest BCUT2D eigenvalue weighted by molar-refractivity contribution is -0.0344. The molecule has 1 N–H and O–H groups in total. The molecule has 4 bridgehead atoms. The van der Waals surface area contributed by atoms with E-state index in [1.165, 1.54) is 32.1 Å². The second-order valence-corrected chi connectivity index (χ2v) is 6.05. The monoisotopic (exact) mass is 178 g/mol. The van der Waals surface area contributed by atoms with Crippen molar-refractivity contribution in [3.8, 4) is 0 Å². The van der Waals surface area contributed by atoms with E-state index in [0.29, 0.717) is 5.41 Å². The van der Waals surface area contributed by atoms with Crippen LogP contribution >= 0.6 is 0 Å². The summed E-state index contributed by atoms with van der Waals surface area (Å²) in [6.45, 7) is 0. The van der Waals surface area contributed by atoms with Crippen molar-refractivity contribution in [2.24, 2.45) is 29.1 Å². The summed E-state index contributed by atoms with van der Waals surface area (Å²) in [5, 5.41) is 10.2. The lowest BCUT2D eigenvalue weighted by atomic mass is 9.65. The summed E-state index contributed by atoms with van der Waals surface area (Å²) in [6.07, 6.45) is 8.47. The Morgan fingerprint density at radius 1 is 1.08 bits per heavy atom. The Kier molecular flexibility index (Phi) is 1.11. The highest BCUT2D eigenvalue weighted by Gasteiger charge is 2.68. The molecule has 0 aliphatic heterocycles. The van der Waals surface area contributed by atoms with E-state index in [1.54, 1.807) is 0 Å². The molecule has 1 spiro atoms. The third-order valence-corrected chi connectivity index (χ3v) is 5.90. The zero-order valence-corrected chi connectivity index (χ0v) is 8.08. The van der Waals surface area contributed by atoms with Crippen molar-refractivity contribution in [3.05, 3.63) is 0 Å². The molecule has 4 fully saturated rings. The lowest BCUT2D eigenvalue weighted by Crippen LogP contribution is -2.41. The van der Waals surface area contributed by atoms with Gasteiger partial charge in [-0.3, -0.25) is 0 Å². The summed E-state index contributed by atoms with van der Waals surface area (Å²) in [4.78, 5) is 0. The number of hydrogen-bond donors (Lipinski definition) is 1. The fourth-order valence-electron chi connectivity index (χ4n) is 5.65. The summed E-state index contributed by atoms with van der Waals surface area (Å²) in [5.41, 5.74) is 0.452. The lowest BCUT2D eigenvalue weighted by Gasteiger charge is -2.42. The van der Waals surface area contributed by atoms with Crippen LogP contribution in [0.15, 0.2) is 0 Å². The molecule has 4 aliphatic carbocycles. The van der Waals surface area contributed by atoms with Gasteiger partial charge in [0.2, 0.25) is 0 Å². The Labute approximate surface area is 79.5 Å². The molecule has 6 atom stereocenters. The first-order valence-electron chi connectivity index (χ1n) is 5.99. The Hall–Kier alpha value is -0.0400. The van der Waals surface area contributed by atoms with E-state index in [1.807, 2.05) is 0 Å². The molecule has 4 aliphatic rings. The van der Waals surface area contributed by atoms with Crippen molar-refractivity contribution in [3.63, 3.8) is 0 Å². The predicted octanol–water partition coefficient (Wildman–Crippen LogP) is 2.19. The van der Waals surface area contributed by atoms with E-state index >= 15 is 0 Å². The summed E-state index contributed by atoms with van der Waals surface area (Å²) < 4.78 is 0. The smallest absolute Gasteiger partial charge is 0.0604 e. The van der Waals surface area contributed by atoms with Crippen LogP contribution in [-0.2, 0) is 0 Å². The minimum atomic E-state index is 0.0894. The molecule has 0 heterocycles. The van der Waals surface area contributed by atoms with Crippen LogP contribution in [0.25, 0.3) is 0 Å². The van der Waals surface area contributed by atoms with Crippen molar-refractivity contribution < 1.29 is 5.11 Å². The van der Waals surface area contributed by atoms with Gasteiger partial charge in [0, 0.05) is 5.41 Å². The zero-order chi connectivity index (χ0) is 8.63. The molecule has 0 aromatic rings. The number of aliphatic hydroxyl groups excluding tert-OH is 1. The van der Waals surface area contributed by atoms with Crippen LogP contribution in [0, 0.1) is 29.1 Å². The van der Waals surface area contributed by atoms with Gasteiger partial charge in [0.25, 0.3) is 0 Å². The topological polar surface area (TPSA) is 20.2 Å². The van der Waals surface area contributed by atoms with Crippen molar-refractivity contribution in [2.45, 2.75) is 44.6 Å². The van der Waals surface area contributed by atoms with Gasteiger partial charge in [-0.05, 0) is 62.2 Å². The molecular weight excluding hydrogens is 160 g/mol. The SMILES string of the molecule is O[C@H]1CC2CC3C4CCC(C4)C31C2. The number of aliphatic hydroxyl groups is 1. The van der Waals surface area contributed by atoms with Gasteiger partial charge in [-0.1, -0.05) is 0 Å². The molecular formula is C12H18O. The average Bonchev–Trinajstić information content (AvgIpc) is 2.76. The predicted molar refractivity (Wildman–Crippen MR) is 50.1 cm³/mol. The first-order chi connectivity index (χ1) is 6.30. The fourth-order valence-corrected chi connectivity index (χ4v) is 5.65. The van der Waals surface area contributed by atoms with Gasteiger partial charge in [-0.2, -0.15) is 0 Å². The van der Waals surface area contributed by atoms with Gasteiger partial charge in [0.1, 0.15) is 0 Å². The summed E-state index contributed by atoms with van der Waals surface area (Å²) in [7, 11) is 0. The maximum atomic E-state index is 10.2. The van der Waals surface area contributed by atoms with Crippen molar-refractivity contribution in [2.75, 3.05) is 0 Å². The summed E-state index contributed by atoms with van der Waals surface area (Å²) >= 11 is 0. The van der Waals surface area contributed by atoms with Crippen molar-refractivity contribution in [1.29, 1.82) is 0 Å². The van der Waals surface area contributed by atoms with Crippen LogP contribution in [0.3, 0.4) is 0 Å². The summed E-state index contributed by atoms with van der Waals surface area (Å²) in [5.74, 6) is 3.79. The van der Waals surface area contributed by atoms with Crippen LogP contribution in [0.2, 0.25) is 0 Å². The Balaban J connectivity index is 1.85. The molecule has 0 aromatic carbocycles. The van der Waals surface area contributed by atoms with E-state index in [0.717, 1.165) is 30.1 Å². The number of hydrogen-bond acceptors (Lipinski definition) is 1. The maximum Gasteiger partial charge on any atom is 0.0604 e.